The Morgan fingerprint density at radius 1 is 1.33 bits per heavy atom. The molecule has 2 aromatic rings. The van der Waals surface area contributed by atoms with Crippen LogP contribution < -0.4 is 0 Å². The highest BCUT2D eigenvalue weighted by Gasteiger charge is 2.14. The Kier molecular flexibility index (Phi) is 2.68. The third-order valence-electron chi connectivity index (χ3n) is 2.09. The van der Waals surface area contributed by atoms with Crippen LogP contribution in [0.2, 0.25) is 0 Å². The Labute approximate surface area is 91.9 Å². The Morgan fingerprint density at radius 3 is 2.67 bits per heavy atom. The molecule has 3 nitrogen and oxygen atoms in total. The van der Waals surface area contributed by atoms with Gasteiger partial charge in [0.2, 0.25) is 5.78 Å². The number of H-pyrrole nitrogens is 1. The number of nitrogens with one attached hydrogen (secondary N) is 1. The molecule has 0 amide bonds. The number of aromatic nitrogens is 1. The molecule has 2 aromatic heterocycles. The summed E-state index contributed by atoms with van der Waals surface area (Å²) in [6.45, 7) is 1.82. The van der Waals surface area contributed by atoms with Crippen LogP contribution >= 0.6 is 11.8 Å². The topological polar surface area (TPSA) is 46.0 Å². The van der Waals surface area contributed by atoms with E-state index in [-0.39, 0.29) is 5.78 Å². The fourth-order valence-corrected chi connectivity index (χ4v) is 1.73. The molecule has 0 fully saturated rings. The first-order chi connectivity index (χ1) is 7.20. The second-order valence-electron chi connectivity index (χ2n) is 3.18. The molecule has 78 valence electrons. The van der Waals surface area contributed by atoms with Crippen LogP contribution in [0.25, 0.3) is 0 Å². The first-order valence-electron chi connectivity index (χ1n) is 4.55. The number of carbonyl (C=O) groups excluding carboxylic acids is 1. The lowest BCUT2D eigenvalue weighted by Crippen LogP contribution is -1.99. The lowest BCUT2D eigenvalue weighted by Gasteiger charge is -1.93. The molecular formula is C11H11NO2S. The van der Waals surface area contributed by atoms with Gasteiger partial charge in [-0.25, -0.2) is 0 Å². The zero-order valence-corrected chi connectivity index (χ0v) is 9.35. The maximum atomic E-state index is 11.9. The Hall–Kier alpha value is -1.42. The van der Waals surface area contributed by atoms with E-state index in [1.165, 1.54) is 0 Å². The number of ketones is 1. The lowest BCUT2D eigenvalue weighted by atomic mass is 10.2. The predicted molar refractivity (Wildman–Crippen MR) is 59.5 cm³/mol. The van der Waals surface area contributed by atoms with Crippen molar-refractivity contribution in [3.8, 4) is 0 Å². The summed E-state index contributed by atoms with van der Waals surface area (Å²) in [6, 6.07) is 7.13. The highest BCUT2D eigenvalue weighted by molar-refractivity contribution is 7.98. The largest absolute Gasteiger partial charge is 0.458 e. The third kappa shape index (κ3) is 1.99. The Bertz CT molecular complexity index is 484. The Morgan fingerprint density at radius 2 is 2.13 bits per heavy atom. The van der Waals surface area contributed by atoms with Crippen LogP contribution in [-0.4, -0.2) is 17.0 Å². The van der Waals surface area contributed by atoms with Crippen LogP contribution in [0, 0.1) is 6.92 Å². The average Bonchev–Trinajstić information content (AvgIpc) is 2.84. The molecule has 0 bridgehead atoms. The molecule has 0 radical (unpaired) electrons. The Balaban J connectivity index is 2.28. The zero-order valence-electron chi connectivity index (χ0n) is 8.53. The van der Waals surface area contributed by atoms with Crippen molar-refractivity contribution in [1.29, 1.82) is 0 Å². The standard InChI is InChI=1S/C11H11NO2S/c1-7-3-5-9(14-7)11(13)8-4-6-10(12-8)15-2/h3-6,12H,1-2H3. The number of carbonyl (C=O) groups is 1. The van der Waals surface area contributed by atoms with Crippen molar-refractivity contribution in [3.05, 3.63) is 41.5 Å². The fraction of sp³-hybridized carbons (Fsp3) is 0.182. The number of aromatic amines is 1. The first-order valence-corrected chi connectivity index (χ1v) is 5.77. The summed E-state index contributed by atoms with van der Waals surface area (Å²) < 4.78 is 5.27. The number of furan rings is 1. The van der Waals surface area contributed by atoms with Crippen LogP contribution in [0.4, 0.5) is 0 Å². The second-order valence-corrected chi connectivity index (χ2v) is 4.03. The van der Waals surface area contributed by atoms with E-state index in [0.717, 1.165) is 10.8 Å². The summed E-state index contributed by atoms with van der Waals surface area (Å²) in [5.41, 5.74) is 0.564. The number of rotatable bonds is 3. The molecule has 0 aliphatic rings. The maximum Gasteiger partial charge on any atom is 0.244 e. The normalized spacial score (nSPS) is 10.5. The van der Waals surface area contributed by atoms with Crippen molar-refractivity contribution in [2.75, 3.05) is 6.26 Å². The quantitative estimate of drug-likeness (QED) is 0.640. The van der Waals surface area contributed by atoms with Crippen molar-refractivity contribution in [1.82, 2.24) is 4.98 Å². The van der Waals surface area contributed by atoms with E-state index in [4.69, 9.17) is 4.42 Å². The minimum Gasteiger partial charge on any atom is -0.458 e. The monoisotopic (exact) mass is 221 g/mol. The molecule has 0 spiro atoms. The van der Waals surface area contributed by atoms with E-state index >= 15 is 0 Å². The van der Waals surface area contributed by atoms with E-state index in [0.29, 0.717) is 11.5 Å². The molecular weight excluding hydrogens is 210 g/mol. The van der Waals surface area contributed by atoms with Gasteiger partial charge in [-0.05, 0) is 37.4 Å². The van der Waals surface area contributed by atoms with Crippen LogP contribution in [0.3, 0.4) is 0 Å². The van der Waals surface area contributed by atoms with Gasteiger partial charge in [-0.1, -0.05) is 0 Å². The molecule has 0 saturated carbocycles. The smallest absolute Gasteiger partial charge is 0.244 e. The average molecular weight is 221 g/mol. The first kappa shape index (κ1) is 10.1. The van der Waals surface area contributed by atoms with Gasteiger partial charge in [0, 0.05) is 0 Å². The summed E-state index contributed by atoms with van der Waals surface area (Å²) in [5.74, 6) is 1.01. The second kappa shape index (κ2) is 3.98. The van der Waals surface area contributed by atoms with Crippen LogP contribution in [0.15, 0.2) is 33.7 Å². The van der Waals surface area contributed by atoms with E-state index in [1.54, 1.807) is 30.0 Å². The van der Waals surface area contributed by atoms with Gasteiger partial charge in [0.25, 0.3) is 0 Å². The maximum absolute atomic E-state index is 11.9. The number of hydrogen-bond acceptors (Lipinski definition) is 3. The van der Waals surface area contributed by atoms with Gasteiger partial charge in [0.15, 0.2) is 5.76 Å². The minimum atomic E-state index is -0.108. The van der Waals surface area contributed by atoms with Crippen molar-refractivity contribution in [3.63, 3.8) is 0 Å². The van der Waals surface area contributed by atoms with Gasteiger partial charge in [-0.3, -0.25) is 4.79 Å². The van der Waals surface area contributed by atoms with Gasteiger partial charge in [0.1, 0.15) is 5.76 Å². The molecule has 0 aliphatic heterocycles. The molecule has 1 N–H and O–H groups in total. The molecule has 0 saturated heterocycles. The molecule has 2 rings (SSSR count). The summed E-state index contributed by atoms with van der Waals surface area (Å²) in [7, 11) is 0. The lowest BCUT2D eigenvalue weighted by molar-refractivity contribution is 0.100. The SMILES string of the molecule is CSc1ccc(C(=O)c2ccc(C)o2)[nH]1. The van der Waals surface area contributed by atoms with E-state index in [1.807, 2.05) is 19.2 Å². The van der Waals surface area contributed by atoms with Gasteiger partial charge >= 0.3 is 0 Å². The van der Waals surface area contributed by atoms with Crippen LogP contribution in [0.1, 0.15) is 22.0 Å². The molecule has 0 aromatic carbocycles. The molecule has 4 heteroatoms. The number of aryl methyl sites for hydroxylation is 1. The molecule has 15 heavy (non-hydrogen) atoms. The highest BCUT2D eigenvalue weighted by atomic mass is 32.2. The fourth-order valence-electron chi connectivity index (χ4n) is 1.32. The van der Waals surface area contributed by atoms with E-state index in [9.17, 15) is 4.79 Å². The predicted octanol–water partition coefficient (Wildman–Crippen LogP) is 2.87. The molecule has 2 heterocycles. The van der Waals surface area contributed by atoms with Crippen LogP contribution in [-0.2, 0) is 0 Å². The van der Waals surface area contributed by atoms with E-state index < -0.39 is 0 Å². The van der Waals surface area contributed by atoms with Gasteiger partial charge < -0.3 is 9.40 Å². The molecule has 0 atom stereocenters. The van der Waals surface area contributed by atoms with Crippen molar-refractivity contribution < 1.29 is 9.21 Å². The van der Waals surface area contributed by atoms with Crippen molar-refractivity contribution in [2.45, 2.75) is 11.9 Å². The minimum absolute atomic E-state index is 0.108. The van der Waals surface area contributed by atoms with Gasteiger partial charge in [-0.15, -0.1) is 11.8 Å². The third-order valence-corrected chi connectivity index (χ3v) is 2.77. The summed E-state index contributed by atoms with van der Waals surface area (Å²) in [4.78, 5) is 14.9. The highest BCUT2D eigenvalue weighted by Crippen LogP contribution is 2.17. The molecule has 0 aliphatic carbocycles. The molecule has 0 unspecified atom stereocenters. The van der Waals surface area contributed by atoms with Crippen molar-refractivity contribution >= 4 is 17.5 Å². The summed E-state index contributed by atoms with van der Waals surface area (Å²) in [5, 5.41) is 0.974. The number of hydrogen-bond donors (Lipinski definition) is 1. The van der Waals surface area contributed by atoms with Crippen LogP contribution in [0.5, 0.6) is 0 Å². The summed E-state index contributed by atoms with van der Waals surface area (Å²) in [6.07, 6.45) is 1.96. The summed E-state index contributed by atoms with van der Waals surface area (Å²) >= 11 is 1.57. The van der Waals surface area contributed by atoms with Gasteiger partial charge in [-0.2, -0.15) is 0 Å². The van der Waals surface area contributed by atoms with Gasteiger partial charge in [0.05, 0.1) is 10.7 Å². The zero-order chi connectivity index (χ0) is 10.8. The number of thioether (sulfide) groups is 1. The van der Waals surface area contributed by atoms with Crippen molar-refractivity contribution in [2.24, 2.45) is 0 Å². The van der Waals surface area contributed by atoms with E-state index in [2.05, 4.69) is 4.98 Å².